The maximum atomic E-state index is 10.8. The van der Waals surface area contributed by atoms with E-state index >= 15 is 0 Å². The zero-order valence-corrected chi connectivity index (χ0v) is 15.5. The first-order valence-electron chi connectivity index (χ1n) is 9.54. The molecule has 0 spiro atoms. The Hall–Kier alpha value is -2.68. The average Bonchev–Trinajstić information content (AvgIpc) is 2.74. The topological polar surface area (TPSA) is 32.3 Å². The molecular weight excluding hydrogens is 330 g/mol. The van der Waals surface area contributed by atoms with Crippen molar-refractivity contribution in [2.45, 2.75) is 31.5 Å². The van der Waals surface area contributed by atoms with Crippen molar-refractivity contribution in [3.8, 4) is 0 Å². The van der Waals surface area contributed by atoms with Gasteiger partial charge in [-0.05, 0) is 29.5 Å². The Balaban J connectivity index is 1.64. The number of nitrogens with one attached hydrogen (secondary N) is 1. The number of aliphatic hydroxyl groups excluding tert-OH is 1. The fourth-order valence-electron chi connectivity index (χ4n) is 3.08. The van der Waals surface area contributed by atoms with E-state index < -0.39 is 6.10 Å². The highest BCUT2D eigenvalue weighted by Crippen LogP contribution is 2.11. The van der Waals surface area contributed by atoms with E-state index in [1.54, 1.807) is 0 Å². The monoisotopic (exact) mass is 357 g/mol. The van der Waals surface area contributed by atoms with E-state index in [1.165, 1.54) is 11.1 Å². The van der Waals surface area contributed by atoms with Crippen molar-refractivity contribution >= 4 is 6.08 Å². The molecule has 2 atom stereocenters. The maximum Gasteiger partial charge on any atom is 0.0732 e. The molecule has 3 rings (SSSR count). The molecule has 2 heteroatoms. The second-order valence-corrected chi connectivity index (χ2v) is 6.75. The summed E-state index contributed by atoms with van der Waals surface area (Å²) < 4.78 is 0. The van der Waals surface area contributed by atoms with Crippen molar-refractivity contribution in [2.24, 2.45) is 0 Å². The molecule has 0 amide bonds. The Morgan fingerprint density at radius 1 is 0.741 bits per heavy atom. The van der Waals surface area contributed by atoms with Crippen molar-refractivity contribution in [1.82, 2.24) is 5.32 Å². The summed E-state index contributed by atoms with van der Waals surface area (Å²) in [6, 6.07) is 30.7. The van der Waals surface area contributed by atoms with Crippen LogP contribution in [-0.4, -0.2) is 17.3 Å². The van der Waals surface area contributed by atoms with Crippen LogP contribution in [0, 0.1) is 0 Å². The Morgan fingerprint density at radius 3 is 1.93 bits per heavy atom. The minimum Gasteiger partial charge on any atom is -0.391 e. The molecule has 0 heterocycles. The van der Waals surface area contributed by atoms with Gasteiger partial charge in [0.05, 0.1) is 12.1 Å². The SMILES string of the molecule is O[C@H](CCc1ccccc1)[C@H](/C=C/c1ccccc1)NCc1ccccc1. The van der Waals surface area contributed by atoms with Crippen LogP contribution in [0.1, 0.15) is 23.1 Å². The lowest BCUT2D eigenvalue weighted by atomic mass is 10.0. The van der Waals surface area contributed by atoms with E-state index in [2.05, 4.69) is 53.9 Å². The summed E-state index contributed by atoms with van der Waals surface area (Å²) >= 11 is 0. The van der Waals surface area contributed by atoms with Crippen LogP contribution in [0.5, 0.6) is 0 Å². The zero-order valence-electron chi connectivity index (χ0n) is 15.5. The summed E-state index contributed by atoms with van der Waals surface area (Å²) in [6.07, 6.45) is 5.29. The number of rotatable bonds is 9. The van der Waals surface area contributed by atoms with Gasteiger partial charge in [0.2, 0.25) is 0 Å². The molecular formula is C25H27NO. The van der Waals surface area contributed by atoms with Crippen LogP contribution in [0.2, 0.25) is 0 Å². The van der Waals surface area contributed by atoms with Gasteiger partial charge in [0, 0.05) is 6.54 Å². The van der Waals surface area contributed by atoms with Gasteiger partial charge in [0.15, 0.2) is 0 Å². The third kappa shape index (κ3) is 6.52. The summed E-state index contributed by atoms with van der Waals surface area (Å²) in [6.45, 7) is 0.729. The quantitative estimate of drug-likeness (QED) is 0.574. The van der Waals surface area contributed by atoms with E-state index in [1.807, 2.05) is 54.6 Å². The van der Waals surface area contributed by atoms with Crippen molar-refractivity contribution in [2.75, 3.05) is 0 Å². The molecule has 0 unspecified atom stereocenters. The van der Waals surface area contributed by atoms with E-state index in [4.69, 9.17) is 0 Å². The smallest absolute Gasteiger partial charge is 0.0732 e. The van der Waals surface area contributed by atoms with Crippen molar-refractivity contribution in [1.29, 1.82) is 0 Å². The molecule has 0 saturated heterocycles. The molecule has 0 aliphatic carbocycles. The number of aliphatic hydroxyl groups is 1. The first-order chi connectivity index (χ1) is 13.3. The Kier molecular flexibility index (Phi) is 7.40. The van der Waals surface area contributed by atoms with E-state index in [0.29, 0.717) is 0 Å². The van der Waals surface area contributed by atoms with Gasteiger partial charge in [-0.15, -0.1) is 0 Å². The van der Waals surface area contributed by atoms with Crippen LogP contribution in [0.4, 0.5) is 0 Å². The lowest BCUT2D eigenvalue weighted by molar-refractivity contribution is 0.136. The first kappa shape index (κ1) is 19.1. The van der Waals surface area contributed by atoms with Crippen LogP contribution in [0.15, 0.2) is 97.1 Å². The van der Waals surface area contributed by atoms with Crippen LogP contribution >= 0.6 is 0 Å². The molecule has 0 bridgehead atoms. The van der Waals surface area contributed by atoms with Crippen LogP contribution in [0.25, 0.3) is 6.08 Å². The number of benzene rings is 3. The zero-order chi connectivity index (χ0) is 18.7. The van der Waals surface area contributed by atoms with Gasteiger partial charge in [-0.2, -0.15) is 0 Å². The number of hydrogen-bond acceptors (Lipinski definition) is 2. The Labute approximate surface area is 162 Å². The molecule has 27 heavy (non-hydrogen) atoms. The van der Waals surface area contributed by atoms with Crippen molar-refractivity contribution in [3.63, 3.8) is 0 Å². The van der Waals surface area contributed by atoms with E-state index in [9.17, 15) is 5.11 Å². The Bertz CT molecular complexity index is 800. The minimum atomic E-state index is -0.450. The van der Waals surface area contributed by atoms with Gasteiger partial charge in [-0.25, -0.2) is 0 Å². The molecule has 0 fully saturated rings. The van der Waals surface area contributed by atoms with Gasteiger partial charge in [-0.1, -0.05) is 103 Å². The standard InChI is InChI=1S/C25H27NO/c27-25(19-17-22-12-6-2-7-13-22)24(18-16-21-10-4-1-5-11-21)26-20-23-14-8-3-9-15-23/h1-16,18,24-27H,17,19-20H2/b18-16+/t24-,25+/m0/s1. The number of hydrogen-bond donors (Lipinski definition) is 2. The molecule has 0 aromatic heterocycles. The predicted molar refractivity (Wildman–Crippen MR) is 113 cm³/mol. The largest absolute Gasteiger partial charge is 0.391 e. The maximum absolute atomic E-state index is 10.8. The Morgan fingerprint density at radius 2 is 1.30 bits per heavy atom. The molecule has 0 radical (unpaired) electrons. The first-order valence-corrected chi connectivity index (χ1v) is 9.54. The lowest BCUT2D eigenvalue weighted by Gasteiger charge is -2.22. The van der Waals surface area contributed by atoms with Gasteiger partial charge >= 0.3 is 0 Å². The van der Waals surface area contributed by atoms with Crippen LogP contribution < -0.4 is 5.32 Å². The normalized spacial score (nSPS) is 13.5. The molecule has 138 valence electrons. The summed E-state index contributed by atoms with van der Waals surface area (Å²) in [7, 11) is 0. The highest BCUT2D eigenvalue weighted by atomic mass is 16.3. The number of aryl methyl sites for hydroxylation is 1. The minimum absolute atomic E-state index is 0.103. The average molecular weight is 357 g/mol. The highest BCUT2D eigenvalue weighted by molar-refractivity contribution is 5.49. The van der Waals surface area contributed by atoms with Crippen molar-refractivity contribution < 1.29 is 5.11 Å². The van der Waals surface area contributed by atoms with Gasteiger partial charge in [0.25, 0.3) is 0 Å². The summed E-state index contributed by atoms with van der Waals surface area (Å²) in [5, 5.41) is 14.3. The fourth-order valence-corrected chi connectivity index (χ4v) is 3.08. The summed E-state index contributed by atoms with van der Waals surface area (Å²) in [4.78, 5) is 0. The predicted octanol–water partition coefficient (Wildman–Crippen LogP) is 4.85. The second kappa shape index (κ2) is 10.5. The molecule has 0 saturated carbocycles. The third-order valence-electron chi connectivity index (χ3n) is 4.67. The van der Waals surface area contributed by atoms with E-state index in [0.717, 1.165) is 24.9 Å². The molecule has 0 aliphatic heterocycles. The van der Waals surface area contributed by atoms with E-state index in [-0.39, 0.29) is 6.04 Å². The summed E-state index contributed by atoms with van der Waals surface area (Å²) in [5.41, 5.74) is 3.61. The third-order valence-corrected chi connectivity index (χ3v) is 4.67. The van der Waals surface area contributed by atoms with Gasteiger partial charge in [-0.3, -0.25) is 0 Å². The molecule has 3 aromatic rings. The molecule has 2 nitrogen and oxygen atoms in total. The van der Waals surface area contributed by atoms with Gasteiger partial charge < -0.3 is 10.4 Å². The molecule has 3 aromatic carbocycles. The molecule has 0 aliphatic rings. The molecule has 2 N–H and O–H groups in total. The highest BCUT2D eigenvalue weighted by Gasteiger charge is 2.16. The van der Waals surface area contributed by atoms with Crippen LogP contribution in [0.3, 0.4) is 0 Å². The fraction of sp³-hybridized carbons (Fsp3) is 0.200. The van der Waals surface area contributed by atoms with Gasteiger partial charge in [0.1, 0.15) is 0 Å². The lowest BCUT2D eigenvalue weighted by Crippen LogP contribution is -2.38. The second-order valence-electron chi connectivity index (χ2n) is 6.75. The summed E-state index contributed by atoms with van der Waals surface area (Å²) in [5.74, 6) is 0. The van der Waals surface area contributed by atoms with Crippen LogP contribution in [-0.2, 0) is 13.0 Å². The van der Waals surface area contributed by atoms with Crippen molar-refractivity contribution in [3.05, 3.63) is 114 Å².